The molecular weight excluding hydrogens is 222 g/mol. The zero-order chi connectivity index (χ0) is 10.7. The molecule has 0 aliphatic heterocycles. The summed E-state index contributed by atoms with van der Waals surface area (Å²) >= 11 is 0. The Bertz CT molecular complexity index is 323. The second-order valence-corrected chi connectivity index (χ2v) is 4.35. The zero-order valence-electron chi connectivity index (χ0n) is 9.69. The molecule has 1 fully saturated rings. The fraction of sp³-hybridized carbons (Fsp3) is 0.538. The summed E-state index contributed by atoms with van der Waals surface area (Å²) in [6.45, 7) is 0. The monoisotopic (exact) mass is 241 g/mol. The van der Waals surface area contributed by atoms with Crippen LogP contribution < -0.4 is 10.5 Å². The lowest BCUT2D eigenvalue weighted by Gasteiger charge is -2.19. The summed E-state index contributed by atoms with van der Waals surface area (Å²) < 4.78 is 5.21. The molecule has 1 saturated carbocycles. The van der Waals surface area contributed by atoms with Crippen molar-refractivity contribution in [2.75, 3.05) is 7.11 Å². The standard InChI is InChI=1S/C13H19NO.ClH/c1-15-12-8-4-7-11(9-12)13(14)10-5-2-3-6-10;/h4,7-10,13H,2-3,5-6,14H2,1H3;1H/t13-;/m1./s1. The van der Waals surface area contributed by atoms with Crippen LogP contribution in [0.2, 0.25) is 0 Å². The Kier molecular flexibility index (Phi) is 5.10. The summed E-state index contributed by atoms with van der Waals surface area (Å²) in [6, 6.07) is 8.32. The van der Waals surface area contributed by atoms with Gasteiger partial charge in [0.05, 0.1) is 7.11 Å². The molecule has 2 N–H and O–H groups in total. The molecule has 0 aromatic heterocycles. The Morgan fingerprint density at radius 2 is 2.00 bits per heavy atom. The van der Waals surface area contributed by atoms with Gasteiger partial charge in [-0.3, -0.25) is 0 Å². The highest BCUT2D eigenvalue weighted by Crippen LogP contribution is 2.34. The maximum atomic E-state index is 6.27. The van der Waals surface area contributed by atoms with E-state index in [2.05, 4.69) is 12.1 Å². The van der Waals surface area contributed by atoms with E-state index in [9.17, 15) is 0 Å². The summed E-state index contributed by atoms with van der Waals surface area (Å²) in [4.78, 5) is 0. The molecule has 1 aromatic rings. The second kappa shape index (κ2) is 6.12. The van der Waals surface area contributed by atoms with Crippen molar-refractivity contribution in [2.24, 2.45) is 11.7 Å². The predicted molar refractivity (Wildman–Crippen MR) is 69.1 cm³/mol. The average molecular weight is 242 g/mol. The fourth-order valence-corrected chi connectivity index (χ4v) is 2.44. The van der Waals surface area contributed by atoms with Crippen molar-refractivity contribution in [2.45, 2.75) is 31.7 Å². The van der Waals surface area contributed by atoms with Crippen LogP contribution in [0.4, 0.5) is 0 Å². The number of methoxy groups -OCH3 is 1. The minimum atomic E-state index is 0. The van der Waals surface area contributed by atoms with Gasteiger partial charge in [0, 0.05) is 6.04 Å². The molecule has 0 heterocycles. The zero-order valence-corrected chi connectivity index (χ0v) is 10.5. The Hall–Kier alpha value is -0.730. The quantitative estimate of drug-likeness (QED) is 0.881. The van der Waals surface area contributed by atoms with Gasteiger partial charge in [0.2, 0.25) is 0 Å². The van der Waals surface area contributed by atoms with Crippen LogP contribution >= 0.6 is 12.4 Å². The molecule has 2 nitrogen and oxygen atoms in total. The van der Waals surface area contributed by atoms with Gasteiger partial charge in [-0.15, -0.1) is 12.4 Å². The van der Waals surface area contributed by atoms with E-state index in [1.165, 1.54) is 31.2 Å². The number of nitrogens with two attached hydrogens (primary N) is 1. The van der Waals surface area contributed by atoms with E-state index in [0.29, 0.717) is 5.92 Å². The lowest BCUT2D eigenvalue weighted by Crippen LogP contribution is -2.18. The van der Waals surface area contributed by atoms with E-state index in [1.54, 1.807) is 7.11 Å². The van der Waals surface area contributed by atoms with Gasteiger partial charge in [0.25, 0.3) is 0 Å². The Labute approximate surface area is 104 Å². The number of rotatable bonds is 3. The first kappa shape index (κ1) is 13.3. The first-order valence-corrected chi connectivity index (χ1v) is 5.71. The summed E-state index contributed by atoms with van der Waals surface area (Å²) in [5.41, 5.74) is 7.48. The number of benzene rings is 1. The van der Waals surface area contributed by atoms with E-state index < -0.39 is 0 Å². The van der Waals surface area contributed by atoms with Crippen molar-refractivity contribution >= 4 is 12.4 Å². The molecule has 2 rings (SSSR count). The predicted octanol–water partition coefficient (Wildman–Crippen LogP) is 3.31. The van der Waals surface area contributed by atoms with Gasteiger partial charge in [-0.25, -0.2) is 0 Å². The molecule has 1 aliphatic rings. The lowest BCUT2D eigenvalue weighted by atomic mass is 9.92. The number of hydrogen-bond acceptors (Lipinski definition) is 2. The minimum absolute atomic E-state index is 0. The third kappa shape index (κ3) is 2.89. The molecule has 0 amide bonds. The van der Waals surface area contributed by atoms with E-state index in [-0.39, 0.29) is 18.4 Å². The molecular formula is C13H20ClNO. The topological polar surface area (TPSA) is 35.2 Å². The van der Waals surface area contributed by atoms with Crippen molar-refractivity contribution in [3.05, 3.63) is 29.8 Å². The molecule has 1 atom stereocenters. The molecule has 1 aromatic carbocycles. The van der Waals surface area contributed by atoms with Crippen LogP contribution in [0.15, 0.2) is 24.3 Å². The molecule has 0 bridgehead atoms. The summed E-state index contributed by atoms with van der Waals surface area (Å²) in [7, 11) is 1.69. The highest BCUT2D eigenvalue weighted by molar-refractivity contribution is 5.85. The molecule has 0 radical (unpaired) electrons. The Balaban J connectivity index is 0.00000128. The van der Waals surface area contributed by atoms with Gasteiger partial charge < -0.3 is 10.5 Å². The lowest BCUT2D eigenvalue weighted by molar-refractivity contribution is 0.409. The minimum Gasteiger partial charge on any atom is -0.497 e. The van der Waals surface area contributed by atoms with Crippen molar-refractivity contribution < 1.29 is 4.74 Å². The van der Waals surface area contributed by atoms with Crippen LogP contribution in [0.3, 0.4) is 0 Å². The summed E-state index contributed by atoms with van der Waals surface area (Å²) in [6.07, 6.45) is 5.22. The Morgan fingerprint density at radius 3 is 2.62 bits per heavy atom. The molecule has 90 valence electrons. The maximum absolute atomic E-state index is 6.27. The van der Waals surface area contributed by atoms with E-state index >= 15 is 0 Å². The van der Waals surface area contributed by atoms with Crippen LogP contribution in [0.5, 0.6) is 5.75 Å². The highest BCUT2D eigenvalue weighted by Gasteiger charge is 2.23. The summed E-state index contributed by atoms with van der Waals surface area (Å²) in [5, 5.41) is 0. The molecule has 0 saturated heterocycles. The molecule has 3 heteroatoms. The van der Waals surface area contributed by atoms with Gasteiger partial charge >= 0.3 is 0 Å². The average Bonchev–Trinajstić information content (AvgIpc) is 2.81. The maximum Gasteiger partial charge on any atom is 0.119 e. The van der Waals surface area contributed by atoms with E-state index in [1.807, 2.05) is 12.1 Å². The first-order chi connectivity index (χ1) is 7.31. The van der Waals surface area contributed by atoms with E-state index in [0.717, 1.165) is 5.75 Å². The van der Waals surface area contributed by atoms with Gasteiger partial charge in [-0.2, -0.15) is 0 Å². The molecule has 16 heavy (non-hydrogen) atoms. The van der Waals surface area contributed by atoms with Crippen molar-refractivity contribution in [1.82, 2.24) is 0 Å². The SMILES string of the molecule is COc1cccc([C@H](N)C2CCCC2)c1.Cl. The third-order valence-corrected chi connectivity index (χ3v) is 3.39. The molecule has 0 spiro atoms. The largest absolute Gasteiger partial charge is 0.497 e. The Morgan fingerprint density at radius 1 is 1.31 bits per heavy atom. The van der Waals surface area contributed by atoms with Crippen LogP contribution in [-0.4, -0.2) is 7.11 Å². The highest BCUT2D eigenvalue weighted by atomic mass is 35.5. The number of halogens is 1. The molecule has 1 aliphatic carbocycles. The van der Waals surface area contributed by atoms with E-state index in [4.69, 9.17) is 10.5 Å². The van der Waals surface area contributed by atoms with Crippen LogP contribution in [0.1, 0.15) is 37.3 Å². The van der Waals surface area contributed by atoms with Gasteiger partial charge in [-0.1, -0.05) is 25.0 Å². The van der Waals surface area contributed by atoms with Gasteiger partial charge in [-0.05, 0) is 36.5 Å². The fourth-order valence-electron chi connectivity index (χ4n) is 2.44. The third-order valence-electron chi connectivity index (χ3n) is 3.39. The van der Waals surface area contributed by atoms with Gasteiger partial charge in [0.1, 0.15) is 5.75 Å². The van der Waals surface area contributed by atoms with Crippen molar-refractivity contribution in [3.8, 4) is 5.75 Å². The number of hydrogen-bond donors (Lipinski definition) is 1. The molecule has 0 unspecified atom stereocenters. The van der Waals surface area contributed by atoms with Gasteiger partial charge in [0.15, 0.2) is 0 Å². The van der Waals surface area contributed by atoms with Crippen molar-refractivity contribution in [3.63, 3.8) is 0 Å². The van der Waals surface area contributed by atoms with Crippen LogP contribution in [0.25, 0.3) is 0 Å². The van der Waals surface area contributed by atoms with Crippen LogP contribution in [-0.2, 0) is 0 Å². The smallest absolute Gasteiger partial charge is 0.119 e. The second-order valence-electron chi connectivity index (χ2n) is 4.35. The first-order valence-electron chi connectivity index (χ1n) is 5.71. The number of ether oxygens (including phenoxy) is 1. The normalized spacial score (nSPS) is 17.9. The van der Waals surface area contributed by atoms with Crippen molar-refractivity contribution in [1.29, 1.82) is 0 Å². The van der Waals surface area contributed by atoms with Crippen LogP contribution in [0, 0.1) is 5.92 Å². The summed E-state index contributed by atoms with van der Waals surface area (Å²) in [5.74, 6) is 1.57.